The standard InChI is InChI=1S/C10H6ClN5/c11-9-5-13-3-7(15-9)8-4-14-10-6-12-1-2-16(8)10/h1-6H. The monoisotopic (exact) mass is 231 g/mol. The van der Waals surface area contributed by atoms with Crippen LogP contribution in [0.25, 0.3) is 17.0 Å². The van der Waals surface area contributed by atoms with E-state index in [0.717, 1.165) is 11.3 Å². The summed E-state index contributed by atoms with van der Waals surface area (Å²) in [6.07, 6.45) is 10.1. The number of halogens is 1. The Morgan fingerprint density at radius 1 is 1.06 bits per heavy atom. The molecule has 0 atom stereocenters. The van der Waals surface area contributed by atoms with E-state index in [1.807, 2.05) is 10.6 Å². The van der Waals surface area contributed by atoms with Crippen molar-refractivity contribution in [3.63, 3.8) is 0 Å². The Labute approximate surface area is 95.8 Å². The lowest BCUT2D eigenvalue weighted by atomic mass is 10.3. The van der Waals surface area contributed by atoms with Gasteiger partial charge in [0.15, 0.2) is 5.65 Å². The average Bonchev–Trinajstić information content (AvgIpc) is 2.72. The van der Waals surface area contributed by atoms with Crippen LogP contribution in [-0.2, 0) is 0 Å². The van der Waals surface area contributed by atoms with Crippen molar-refractivity contribution in [3.05, 3.63) is 42.3 Å². The third kappa shape index (κ3) is 1.42. The summed E-state index contributed by atoms with van der Waals surface area (Å²) in [7, 11) is 0. The van der Waals surface area contributed by atoms with Gasteiger partial charge >= 0.3 is 0 Å². The van der Waals surface area contributed by atoms with E-state index >= 15 is 0 Å². The third-order valence-electron chi connectivity index (χ3n) is 2.18. The molecule has 0 radical (unpaired) electrons. The number of nitrogens with zero attached hydrogens (tertiary/aromatic N) is 5. The smallest absolute Gasteiger partial charge is 0.155 e. The molecule has 16 heavy (non-hydrogen) atoms. The van der Waals surface area contributed by atoms with Crippen molar-refractivity contribution in [2.75, 3.05) is 0 Å². The van der Waals surface area contributed by atoms with Crippen molar-refractivity contribution < 1.29 is 0 Å². The number of fused-ring (bicyclic) bond motifs is 1. The molecule has 3 aromatic heterocycles. The van der Waals surface area contributed by atoms with Gasteiger partial charge in [0.2, 0.25) is 0 Å². The van der Waals surface area contributed by atoms with Gasteiger partial charge in [0.1, 0.15) is 10.8 Å². The van der Waals surface area contributed by atoms with E-state index in [1.165, 1.54) is 6.20 Å². The van der Waals surface area contributed by atoms with Gasteiger partial charge in [-0.15, -0.1) is 0 Å². The summed E-state index contributed by atoms with van der Waals surface area (Å²) in [5, 5.41) is 0.363. The number of aromatic nitrogens is 5. The summed E-state index contributed by atoms with van der Waals surface area (Å²) in [5.41, 5.74) is 2.29. The van der Waals surface area contributed by atoms with Crippen molar-refractivity contribution in [3.8, 4) is 11.4 Å². The van der Waals surface area contributed by atoms with E-state index < -0.39 is 0 Å². The van der Waals surface area contributed by atoms with Gasteiger partial charge < -0.3 is 0 Å². The first-order chi connectivity index (χ1) is 7.84. The van der Waals surface area contributed by atoms with Crippen LogP contribution in [0.15, 0.2) is 37.2 Å². The summed E-state index contributed by atoms with van der Waals surface area (Å²) < 4.78 is 1.88. The lowest BCUT2D eigenvalue weighted by molar-refractivity contribution is 1.11. The minimum atomic E-state index is 0.363. The van der Waals surface area contributed by atoms with E-state index in [4.69, 9.17) is 11.6 Å². The number of hydrogen-bond acceptors (Lipinski definition) is 4. The maximum absolute atomic E-state index is 5.80. The zero-order chi connectivity index (χ0) is 11.0. The Bertz CT molecular complexity index is 648. The fourth-order valence-corrected chi connectivity index (χ4v) is 1.64. The van der Waals surface area contributed by atoms with Gasteiger partial charge in [-0.2, -0.15) is 0 Å². The van der Waals surface area contributed by atoms with Crippen LogP contribution in [0.5, 0.6) is 0 Å². The molecule has 0 N–H and O–H groups in total. The van der Waals surface area contributed by atoms with Crippen molar-refractivity contribution >= 4 is 17.2 Å². The summed E-state index contributed by atoms with van der Waals surface area (Å²) >= 11 is 5.80. The second-order valence-electron chi connectivity index (χ2n) is 3.17. The molecule has 0 saturated carbocycles. The first-order valence-corrected chi connectivity index (χ1v) is 4.97. The Morgan fingerprint density at radius 2 is 2.00 bits per heavy atom. The molecular weight excluding hydrogens is 226 g/mol. The van der Waals surface area contributed by atoms with Crippen molar-refractivity contribution in [2.24, 2.45) is 0 Å². The fourth-order valence-electron chi connectivity index (χ4n) is 1.50. The molecular formula is C10H6ClN5. The molecule has 0 aliphatic rings. The van der Waals surface area contributed by atoms with Gasteiger partial charge in [-0.1, -0.05) is 11.6 Å². The highest BCUT2D eigenvalue weighted by Gasteiger charge is 2.07. The number of imidazole rings is 1. The highest BCUT2D eigenvalue weighted by atomic mass is 35.5. The second kappa shape index (κ2) is 3.53. The Balaban J connectivity index is 2.26. The summed E-state index contributed by atoms with van der Waals surface area (Å²) in [6.45, 7) is 0. The molecule has 0 aromatic carbocycles. The van der Waals surface area contributed by atoms with E-state index in [9.17, 15) is 0 Å². The van der Waals surface area contributed by atoms with Crippen LogP contribution in [0.1, 0.15) is 0 Å². The summed E-state index contributed by atoms with van der Waals surface area (Å²) in [4.78, 5) is 16.4. The molecule has 0 saturated heterocycles. The predicted octanol–water partition coefficient (Wildman–Crippen LogP) is 1.84. The Kier molecular flexibility index (Phi) is 2.04. The summed E-state index contributed by atoms with van der Waals surface area (Å²) in [6, 6.07) is 0. The first kappa shape index (κ1) is 9.23. The first-order valence-electron chi connectivity index (χ1n) is 4.59. The molecule has 78 valence electrons. The highest BCUT2D eigenvalue weighted by molar-refractivity contribution is 6.29. The number of hydrogen-bond donors (Lipinski definition) is 0. The molecule has 5 nitrogen and oxygen atoms in total. The quantitative estimate of drug-likeness (QED) is 0.641. The molecule has 0 amide bonds. The van der Waals surface area contributed by atoms with Gasteiger partial charge in [0.25, 0.3) is 0 Å². The zero-order valence-corrected chi connectivity index (χ0v) is 8.83. The molecule has 6 heteroatoms. The van der Waals surface area contributed by atoms with Crippen molar-refractivity contribution in [2.45, 2.75) is 0 Å². The molecule has 3 aromatic rings. The van der Waals surface area contributed by atoms with E-state index in [1.54, 1.807) is 24.8 Å². The number of rotatable bonds is 1. The molecule has 3 heterocycles. The largest absolute Gasteiger partial charge is 0.295 e. The third-order valence-corrected chi connectivity index (χ3v) is 2.37. The second-order valence-corrected chi connectivity index (χ2v) is 3.56. The molecule has 0 unspecified atom stereocenters. The van der Waals surface area contributed by atoms with Crippen LogP contribution < -0.4 is 0 Å². The SMILES string of the molecule is Clc1cncc(-c2cnc3cnccn23)n1. The highest BCUT2D eigenvalue weighted by Crippen LogP contribution is 2.18. The summed E-state index contributed by atoms with van der Waals surface area (Å²) in [5.74, 6) is 0. The molecule has 0 bridgehead atoms. The average molecular weight is 232 g/mol. The van der Waals surface area contributed by atoms with Gasteiger partial charge in [-0.05, 0) is 0 Å². The maximum Gasteiger partial charge on any atom is 0.155 e. The van der Waals surface area contributed by atoms with E-state index in [2.05, 4.69) is 19.9 Å². The van der Waals surface area contributed by atoms with E-state index in [-0.39, 0.29) is 0 Å². The van der Waals surface area contributed by atoms with Gasteiger partial charge in [0.05, 0.1) is 30.5 Å². The topological polar surface area (TPSA) is 56.0 Å². The zero-order valence-electron chi connectivity index (χ0n) is 8.08. The predicted molar refractivity (Wildman–Crippen MR) is 59.0 cm³/mol. The Hall–Kier alpha value is -2.01. The molecule has 0 aliphatic heterocycles. The van der Waals surface area contributed by atoms with Crippen molar-refractivity contribution in [1.29, 1.82) is 0 Å². The normalized spacial score (nSPS) is 10.8. The maximum atomic E-state index is 5.80. The van der Waals surface area contributed by atoms with Crippen LogP contribution in [0, 0.1) is 0 Å². The van der Waals surface area contributed by atoms with Crippen LogP contribution in [-0.4, -0.2) is 24.3 Å². The van der Waals surface area contributed by atoms with Gasteiger partial charge in [-0.25, -0.2) is 9.97 Å². The lowest BCUT2D eigenvalue weighted by Crippen LogP contribution is -1.91. The molecule has 0 fully saturated rings. The van der Waals surface area contributed by atoms with Crippen LogP contribution >= 0.6 is 11.6 Å². The molecule has 0 spiro atoms. The minimum Gasteiger partial charge on any atom is -0.295 e. The van der Waals surface area contributed by atoms with Crippen LogP contribution in [0.2, 0.25) is 5.15 Å². The lowest BCUT2D eigenvalue weighted by Gasteiger charge is -1.99. The molecule has 3 rings (SSSR count). The minimum absolute atomic E-state index is 0.363. The Morgan fingerprint density at radius 3 is 2.88 bits per heavy atom. The van der Waals surface area contributed by atoms with E-state index in [0.29, 0.717) is 10.8 Å². The fraction of sp³-hybridized carbons (Fsp3) is 0. The van der Waals surface area contributed by atoms with Crippen LogP contribution in [0.4, 0.5) is 0 Å². The molecule has 0 aliphatic carbocycles. The van der Waals surface area contributed by atoms with Gasteiger partial charge in [0, 0.05) is 12.4 Å². The van der Waals surface area contributed by atoms with Crippen molar-refractivity contribution in [1.82, 2.24) is 24.3 Å². The van der Waals surface area contributed by atoms with Gasteiger partial charge in [-0.3, -0.25) is 14.4 Å². The van der Waals surface area contributed by atoms with Crippen LogP contribution in [0.3, 0.4) is 0 Å².